The van der Waals surface area contributed by atoms with Crippen molar-refractivity contribution in [3.8, 4) is 0 Å². The molecule has 2 fully saturated rings. The van der Waals surface area contributed by atoms with Crippen molar-refractivity contribution in [3.63, 3.8) is 0 Å². The van der Waals surface area contributed by atoms with Gasteiger partial charge in [-0.3, -0.25) is 4.90 Å². The normalized spacial score (nSPS) is 22.5. The van der Waals surface area contributed by atoms with Crippen molar-refractivity contribution >= 4 is 0 Å². The Balaban J connectivity index is 1.78. The Kier molecular flexibility index (Phi) is 7.97. The maximum absolute atomic E-state index is 5.59. The van der Waals surface area contributed by atoms with Gasteiger partial charge in [-0.25, -0.2) is 0 Å². The molecule has 20 heavy (non-hydrogen) atoms. The van der Waals surface area contributed by atoms with Gasteiger partial charge in [0.25, 0.3) is 0 Å². The predicted molar refractivity (Wildman–Crippen MR) is 88.0 cm³/mol. The van der Waals surface area contributed by atoms with Crippen LogP contribution in [0.25, 0.3) is 0 Å². The molecule has 0 radical (unpaired) electrons. The van der Waals surface area contributed by atoms with Gasteiger partial charge in [0.1, 0.15) is 0 Å². The smallest absolute Gasteiger partial charge is 0.00981 e. The highest BCUT2D eigenvalue weighted by molar-refractivity contribution is 4.83. The molecule has 0 bridgehead atoms. The topological polar surface area (TPSA) is 29.3 Å². The van der Waals surface area contributed by atoms with Gasteiger partial charge in [-0.2, -0.15) is 0 Å². The molecule has 0 unspecified atom stereocenters. The second kappa shape index (κ2) is 9.78. The lowest BCUT2D eigenvalue weighted by Crippen LogP contribution is -2.45. The van der Waals surface area contributed by atoms with E-state index in [0.717, 1.165) is 18.6 Å². The Morgan fingerprint density at radius 1 is 0.650 bits per heavy atom. The van der Waals surface area contributed by atoms with Crippen molar-refractivity contribution in [2.75, 3.05) is 13.1 Å². The van der Waals surface area contributed by atoms with Gasteiger partial charge in [-0.15, -0.1) is 0 Å². The molecule has 0 aliphatic heterocycles. The van der Waals surface area contributed by atoms with E-state index in [4.69, 9.17) is 5.73 Å². The maximum Gasteiger partial charge on any atom is 0.00981 e. The van der Waals surface area contributed by atoms with E-state index in [0.29, 0.717) is 0 Å². The number of unbranched alkanes of at least 4 members (excludes halogenated alkanes) is 3. The van der Waals surface area contributed by atoms with Gasteiger partial charge in [-0.05, 0) is 51.6 Å². The lowest BCUT2D eigenvalue weighted by atomic mass is 9.88. The summed E-state index contributed by atoms with van der Waals surface area (Å²) in [4.78, 5) is 2.95. The van der Waals surface area contributed by atoms with E-state index in [1.165, 1.54) is 96.4 Å². The van der Waals surface area contributed by atoms with Crippen LogP contribution >= 0.6 is 0 Å². The minimum atomic E-state index is 0.870. The fourth-order valence-corrected chi connectivity index (χ4v) is 4.28. The molecule has 118 valence electrons. The van der Waals surface area contributed by atoms with Crippen LogP contribution in [0.1, 0.15) is 89.9 Å². The number of hydrogen-bond acceptors (Lipinski definition) is 2. The molecule has 0 aromatic rings. The van der Waals surface area contributed by atoms with Crippen molar-refractivity contribution in [1.29, 1.82) is 0 Å². The van der Waals surface area contributed by atoms with E-state index in [9.17, 15) is 0 Å². The van der Waals surface area contributed by atoms with Crippen LogP contribution in [-0.2, 0) is 0 Å². The summed E-state index contributed by atoms with van der Waals surface area (Å²) in [7, 11) is 0. The lowest BCUT2D eigenvalue weighted by molar-refractivity contribution is 0.0788. The molecule has 2 heteroatoms. The van der Waals surface area contributed by atoms with Gasteiger partial charge in [-0.1, -0.05) is 51.4 Å². The summed E-state index contributed by atoms with van der Waals surface area (Å²) in [5.41, 5.74) is 5.59. The van der Waals surface area contributed by atoms with Crippen molar-refractivity contribution in [1.82, 2.24) is 4.90 Å². The summed E-state index contributed by atoms with van der Waals surface area (Å²) in [5.74, 6) is 0. The molecule has 2 aliphatic carbocycles. The van der Waals surface area contributed by atoms with Gasteiger partial charge >= 0.3 is 0 Å². The second-order valence-corrected chi connectivity index (χ2v) is 7.02. The van der Waals surface area contributed by atoms with Crippen LogP contribution in [0.2, 0.25) is 0 Å². The number of nitrogens with two attached hydrogens (primary N) is 1. The van der Waals surface area contributed by atoms with E-state index >= 15 is 0 Å². The highest BCUT2D eigenvalue weighted by Gasteiger charge is 2.28. The third kappa shape index (κ3) is 5.37. The summed E-state index contributed by atoms with van der Waals surface area (Å²) in [6, 6.07) is 1.84. The van der Waals surface area contributed by atoms with Gasteiger partial charge in [0.2, 0.25) is 0 Å². The minimum absolute atomic E-state index is 0.870. The molecule has 2 saturated carbocycles. The highest BCUT2D eigenvalue weighted by atomic mass is 15.2. The SMILES string of the molecule is NCCCCCCN(C1CCCCC1)C1CCCCC1. The third-order valence-corrected chi connectivity index (χ3v) is 5.46. The van der Waals surface area contributed by atoms with Crippen LogP contribution < -0.4 is 5.73 Å². The molecule has 0 aromatic heterocycles. The van der Waals surface area contributed by atoms with Crippen molar-refractivity contribution in [2.45, 2.75) is 102 Å². The number of rotatable bonds is 8. The zero-order valence-corrected chi connectivity index (χ0v) is 13.5. The summed E-state index contributed by atoms with van der Waals surface area (Å²) in [5, 5.41) is 0. The molecule has 0 spiro atoms. The zero-order valence-electron chi connectivity index (χ0n) is 13.5. The van der Waals surface area contributed by atoms with E-state index in [1.54, 1.807) is 0 Å². The van der Waals surface area contributed by atoms with Crippen LogP contribution in [0, 0.1) is 0 Å². The summed E-state index contributed by atoms with van der Waals surface area (Å²) < 4.78 is 0. The van der Waals surface area contributed by atoms with Crippen LogP contribution in [0.5, 0.6) is 0 Å². The Hall–Kier alpha value is -0.0800. The summed E-state index contributed by atoms with van der Waals surface area (Å²) in [6.45, 7) is 2.23. The summed E-state index contributed by atoms with van der Waals surface area (Å²) in [6.07, 6.45) is 20.1. The minimum Gasteiger partial charge on any atom is -0.330 e. The highest BCUT2D eigenvalue weighted by Crippen LogP contribution is 2.30. The quantitative estimate of drug-likeness (QED) is 0.665. The first-order valence-electron chi connectivity index (χ1n) is 9.37. The average Bonchev–Trinajstić information content (AvgIpc) is 2.53. The number of hydrogen-bond donors (Lipinski definition) is 1. The molecule has 2 N–H and O–H groups in total. The molecule has 0 aromatic carbocycles. The average molecular weight is 280 g/mol. The van der Waals surface area contributed by atoms with Crippen LogP contribution in [0.15, 0.2) is 0 Å². The van der Waals surface area contributed by atoms with Gasteiger partial charge in [0.15, 0.2) is 0 Å². The lowest BCUT2D eigenvalue weighted by Gasteiger charge is -2.41. The maximum atomic E-state index is 5.59. The molecular weight excluding hydrogens is 244 g/mol. The first kappa shape index (κ1) is 16.3. The van der Waals surface area contributed by atoms with E-state index in [2.05, 4.69) is 4.90 Å². The second-order valence-electron chi connectivity index (χ2n) is 7.02. The molecule has 0 atom stereocenters. The van der Waals surface area contributed by atoms with Crippen LogP contribution in [-0.4, -0.2) is 30.1 Å². The van der Waals surface area contributed by atoms with Gasteiger partial charge < -0.3 is 5.73 Å². The first-order valence-corrected chi connectivity index (χ1v) is 9.37. The molecule has 0 saturated heterocycles. The van der Waals surface area contributed by atoms with Crippen LogP contribution in [0.3, 0.4) is 0 Å². The van der Waals surface area contributed by atoms with Crippen molar-refractivity contribution in [2.24, 2.45) is 5.73 Å². The number of nitrogens with zero attached hydrogens (tertiary/aromatic N) is 1. The predicted octanol–water partition coefficient (Wildman–Crippen LogP) is 4.47. The molecule has 2 nitrogen and oxygen atoms in total. The standard InChI is InChI=1S/C18H36N2/c19-15-9-1-2-10-16-20(17-11-5-3-6-12-17)18-13-7-4-8-14-18/h17-18H,1-16,19H2. The van der Waals surface area contributed by atoms with Crippen molar-refractivity contribution < 1.29 is 0 Å². The monoisotopic (exact) mass is 280 g/mol. The van der Waals surface area contributed by atoms with Gasteiger partial charge in [0.05, 0.1) is 0 Å². The van der Waals surface area contributed by atoms with Crippen LogP contribution in [0.4, 0.5) is 0 Å². The first-order chi connectivity index (χ1) is 9.92. The Morgan fingerprint density at radius 3 is 1.65 bits per heavy atom. The van der Waals surface area contributed by atoms with E-state index in [1.807, 2.05) is 0 Å². The Labute approximate surface area is 126 Å². The molecular formula is C18H36N2. The molecule has 2 aliphatic rings. The molecule has 0 amide bonds. The fraction of sp³-hybridized carbons (Fsp3) is 1.00. The Morgan fingerprint density at radius 2 is 1.15 bits per heavy atom. The Bertz CT molecular complexity index is 212. The largest absolute Gasteiger partial charge is 0.330 e. The van der Waals surface area contributed by atoms with Crippen molar-refractivity contribution in [3.05, 3.63) is 0 Å². The van der Waals surface area contributed by atoms with E-state index in [-0.39, 0.29) is 0 Å². The summed E-state index contributed by atoms with van der Waals surface area (Å²) >= 11 is 0. The zero-order chi connectivity index (χ0) is 14.0. The molecule has 0 heterocycles. The fourth-order valence-electron chi connectivity index (χ4n) is 4.28. The van der Waals surface area contributed by atoms with E-state index < -0.39 is 0 Å². The third-order valence-electron chi connectivity index (χ3n) is 5.46. The molecule has 2 rings (SSSR count). The van der Waals surface area contributed by atoms with Gasteiger partial charge in [0, 0.05) is 12.1 Å².